The van der Waals surface area contributed by atoms with Crippen molar-refractivity contribution in [2.45, 2.75) is 19.4 Å². The quantitative estimate of drug-likeness (QED) is 0.887. The van der Waals surface area contributed by atoms with Gasteiger partial charge in [0.05, 0.1) is 6.10 Å². The number of para-hydroxylation sites is 2. The second kappa shape index (κ2) is 9.14. The minimum absolute atomic E-state index is 0.0810. The highest BCUT2D eigenvalue weighted by atomic mass is 16.5. The van der Waals surface area contributed by atoms with E-state index in [1.165, 1.54) is 0 Å². The van der Waals surface area contributed by atoms with Crippen LogP contribution in [0.4, 0.5) is 0 Å². The summed E-state index contributed by atoms with van der Waals surface area (Å²) >= 11 is 0. The van der Waals surface area contributed by atoms with E-state index in [1.807, 2.05) is 60.7 Å². The molecule has 0 aliphatic heterocycles. The molecular weight excluding hydrogens is 240 g/mol. The molecule has 2 rings (SSSR count). The summed E-state index contributed by atoms with van der Waals surface area (Å²) in [6, 6.07) is 19.5. The molecule has 0 bridgehead atoms. The molecule has 0 saturated heterocycles. The van der Waals surface area contributed by atoms with Crippen LogP contribution in [0.15, 0.2) is 60.7 Å². The summed E-state index contributed by atoms with van der Waals surface area (Å²) in [5, 5.41) is 16.5. The second-order valence-electron chi connectivity index (χ2n) is 4.09. The third kappa shape index (κ3) is 7.24. The molecule has 0 spiro atoms. The van der Waals surface area contributed by atoms with Crippen molar-refractivity contribution < 1.29 is 14.9 Å². The maximum absolute atomic E-state index is 8.39. The minimum atomic E-state index is -0.352. The summed E-state index contributed by atoms with van der Waals surface area (Å²) < 4.78 is 5.58. The molecule has 2 N–H and O–H groups in total. The van der Waals surface area contributed by atoms with Gasteiger partial charge in [-0.1, -0.05) is 36.4 Å². The zero-order valence-electron chi connectivity index (χ0n) is 11.1. The Morgan fingerprint density at radius 1 is 0.895 bits per heavy atom. The first-order valence-electron chi connectivity index (χ1n) is 6.29. The molecule has 1 unspecified atom stereocenters. The Labute approximate surface area is 114 Å². The number of aliphatic hydroxyl groups is 2. The van der Waals surface area contributed by atoms with E-state index in [0.717, 1.165) is 11.5 Å². The van der Waals surface area contributed by atoms with Crippen LogP contribution in [0.25, 0.3) is 0 Å². The van der Waals surface area contributed by atoms with Crippen LogP contribution in [0.2, 0.25) is 0 Å². The van der Waals surface area contributed by atoms with E-state index in [0.29, 0.717) is 6.42 Å². The Morgan fingerprint density at radius 2 is 1.32 bits per heavy atom. The molecular formula is C16H20O3. The fourth-order valence-electron chi connectivity index (χ4n) is 1.30. The van der Waals surface area contributed by atoms with Gasteiger partial charge in [0, 0.05) is 6.61 Å². The molecule has 0 aliphatic carbocycles. The van der Waals surface area contributed by atoms with Gasteiger partial charge in [-0.25, -0.2) is 0 Å². The van der Waals surface area contributed by atoms with Crippen LogP contribution in [0.5, 0.6) is 11.5 Å². The van der Waals surface area contributed by atoms with Crippen LogP contribution in [-0.4, -0.2) is 22.9 Å². The molecule has 1 atom stereocenters. The fourth-order valence-corrected chi connectivity index (χ4v) is 1.30. The van der Waals surface area contributed by atoms with Crippen LogP contribution >= 0.6 is 0 Å². The molecule has 0 radical (unpaired) electrons. The molecule has 3 nitrogen and oxygen atoms in total. The lowest BCUT2D eigenvalue weighted by Crippen LogP contribution is -2.00. The zero-order chi connectivity index (χ0) is 13.9. The highest BCUT2D eigenvalue weighted by molar-refractivity contribution is 5.30. The topological polar surface area (TPSA) is 49.7 Å². The van der Waals surface area contributed by atoms with Crippen molar-refractivity contribution in [1.29, 1.82) is 0 Å². The zero-order valence-corrected chi connectivity index (χ0v) is 11.1. The lowest BCUT2D eigenvalue weighted by atomic mass is 10.3. The molecule has 0 aliphatic rings. The van der Waals surface area contributed by atoms with Crippen molar-refractivity contribution in [3.05, 3.63) is 60.7 Å². The molecule has 2 aromatic carbocycles. The van der Waals surface area contributed by atoms with Crippen LogP contribution in [0.3, 0.4) is 0 Å². The number of benzene rings is 2. The molecule has 0 amide bonds. The van der Waals surface area contributed by atoms with Gasteiger partial charge in [-0.3, -0.25) is 0 Å². The largest absolute Gasteiger partial charge is 0.457 e. The van der Waals surface area contributed by atoms with Gasteiger partial charge in [-0.2, -0.15) is 0 Å². The van der Waals surface area contributed by atoms with E-state index in [9.17, 15) is 0 Å². The average Bonchev–Trinajstić information content (AvgIpc) is 2.41. The first-order chi connectivity index (χ1) is 9.22. The van der Waals surface area contributed by atoms with Crippen molar-refractivity contribution in [2.24, 2.45) is 0 Å². The number of hydrogen-bond donors (Lipinski definition) is 2. The maximum Gasteiger partial charge on any atom is 0.127 e. The normalized spacial score (nSPS) is 11.1. The number of ether oxygens (including phenoxy) is 1. The van der Waals surface area contributed by atoms with Crippen molar-refractivity contribution in [2.75, 3.05) is 6.61 Å². The molecule has 0 saturated carbocycles. The molecule has 0 fully saturated rings. The van der Waals surface area contributed by atoms with E-state index in [2.05, 4.69) is 0 Å². The van der Waals surface area contributed by atoms with Gasteiger partial charge in [-0.05, 0) is 37.6 Å². The van der Waals surface area contributed by atoms with E-state index in [-0.39, 0.29) is 12.7 Å². The summed E-state index contributed by atoms with van der Waals surface area (Å²) in [6.07, 6.45) is 0.134. The van der Waals surface area contributed by atoms with Crippen molar-refractivity contribution in [3.8, 4) is 11.5 Å². The van der Waals surface area contributed by atoms with Gasteiger partial charge < -0.3 is 14.9 Å². The number of rotatable bonds is 4. The van der Waals surface area contributed by atoms with Crippen LogP contribution in [0, 0.1) is 0 Å². The molecule has 102 valence electrons. The van der Waals surface area contributed by atoms with Gasteiger partial charge >= 0.3 is 0 Å². The van der Waals surface area contributed by atoms with Crippen LogP contribution in [0.1, 0.15) is 13.3 Å². The standard InChI is InChI=1S/C12H10O.C4H10O2/c1-3-7-11(8-4-1)13-12-9-5-2-6-10-12;1-4(6)2-3-5/h1-10H;4-6H,2-3H2,1H3. The highest BCUT2D eigenvalue weighted by Crippen LogP contribution is 2.19. The van der Waals surface area contributed by atoms with Gasteiger partial charge in [-0.15, -0.1) is 0 Å². The Balaban J connectivity index is 0.000000258. The van der Waals surface area contributed by atoms with Gasteiger partial charge in [0.1, 0.15) is 11.5 Å². The summed E-state index contributed by atoms with van der Waals surface area (Å²) in [5.41, 5.74) is 0. The van der Waals surface area contributed by atoms with Gasteiger partial charge in [0.2, 0.25) is 0 Å². The van der Waals surface area contributed by atoms with E-state index >= 15 is 0 Å². The third-order valence-corrected chi connectivity index (χ3v) is 2.27. The van der Waals surface area contributed by atoms with Gasteiger partial charge in [0.25, 0.3) is 0 Å². The first kappa shape index (κ1) is 15.2. The van der Waals surface area contributed by atoms with Crippen molar-refractivity contribution in [3.63, 3.8) is 0 Å². The minimum Gasteiger partial charge on any atom is -0.457 e. The van der Waals surface area contributed by atoms with Crippen LogP contribution in [-0.2, 0) is 0 Å². The van der Waals surface area contributed by atoms with E-state index < -0.39 is 0 Å². The molecule has 3 heteroatoms. The van der Waals surface area contributed by atoms with E-state index in [4.69, 9.17) is 14.9 Å². The Bertz CT molecular complexity index is 389. The lowest BCUT2D eigenvalue weighted by Gasteiger charge is -2.03. The van der Waals surface area contributed by atoms with Crippen LogP contribution < -0.4 is 4.74 Å². The van der Waals surface area contributed by atoms with Gasteiger partial charge in [0.15, 0.2) is 0 Å². The lowest BCUT2D eigenvalue weighted by molar-refractivity contribution is 0.148. The van der Waals surface area contributed by atoms with E-state index in [1.54, 1.807) is 6.92 Å². The molecule has 19 heavy (non-hydrogen) atoms. The maximum atomic E-state index is 8.39. The van der Waals surface area contributed by atoms with Crippen molar-refractivity contribution >= 4 is 0 Å². The molecule has 0 heterocycles. The molecule has 0 aromatic heterocycles. The predicted octanol–water partition coefficient (Wildman–Crippen LogP) is 3.23. The Morgan fingerprint density at radius 3 is 1.58 bits per heavy atom. The smallest absolute Gasteiger partial charge is 0.127 e. The summed E-state index contributed by atoms with van der Waals surface area (Å²) in [7, 11) is 0. The average molecular weight is 260 g/mol. The monoisotopic (exact) mass is 260 g/mol. The summed E-state index contributed by atoms with van der Waals surface area (Å²) in [6.45, 7) is 1.73. The predicted molar refractivity (Wildman–Crippen MR) is 76.3 cm³/mol. The first-order valence-corrected chi connectivity index (χ1v) is 6.29. The SMILES string of the molecule is CC(O)CCO.c1ccc(Oc2ccccc2)cc1. The third-order valence-electron chi connectivity index (χ3n) is 2.27. The summed E-state index contributed by atoms with van der Waals surface area (Å²) in [5.74, 6) is 1.74. The fraction of sp³-hybridized carbons (Fsp3) is 0.250. The highest BCUT2D eigenvalue weighted by Gasteiger charge is 1.92. The Kier molecular flexibility index (Phi) is 7.32. The van der Waals surface area contributed by atoms with Crippen molar-refractivity contribution in [1.82, 2.24) is 0 Å². The Hall–Kier alpha value is -1.84. The number of aliphatic hydroxyl groups excluding tert-OH is 2. The molecule has 2 aromatic rings. The summed E-state index contributed by atoms with van der Waals surface area (Å²) in [4.78, 5) is 0. The number of hydrogen-bond acceptors (Lipinski definition) is 3. The second-order valence-corrected chi connectivity index (χ2v) is 4.09.